The van der Waals surface area contributed by atoms with Crippen LogP contribution >= 0.6 is 0 Å². The minimum absolute atomic E-state index is 0.00247. The lowest BCUT2D eigenvalue weighted by Gasteiger charge is -2.27. The molecule has 53 heavy (non-hydrogen) atoms. The van der Waals surface area contributed by atoms with Crippen LogP contribution in [0.5, 0.6) is 0 Å². The molecule has 0 aromatic rings. The fraction of sp³-hybridized carbons (Fsp3) is 0.957. The third-order valence-electron chi connectivity index (χ3n) is 11.1. The standard InChI is InChI=1S/C47H93NO5/c1-6-9-12-15-18-19-20-21-26-33-43-52-45(50)37-29-32-40-48(41-34-42-49)39-31-25-24-30-38-47(4,5)46(51)53-44(35-27-22-16-13-10-7-2)36-28-23-17-14-11-8-3/h44,49H,6-43H2,1-5H3. The normalized spacial score (nSPS) is 11.9. The van der Waals surface area contributed by atoms with E-state index in [4.69, 9.17) is 9.47 Å². The molecule has 0 aromatic carbocycles. The summed E-state index contributed by atoms with van der Waals surface area (Å²) in [5.41, 5.74) is -0.442. The van der Waals surface area contributed by atoms with Gasteiger partial charge in [0.15, 0.2) is 0 Å². The van der Waals surface area contributed by atoms with Crippen molar-refractivity contribution < 1.29 is 24.2 Å². The van der Waals surface area contributed by atoms with Crippen molar-refractivity contribution in [3.05, 3.63) is 0 Å². The quantitative estimate of drug-likeness (QED) is 0.0494. The minimum atomic E-state index is -0.442. The molecule has 0 saturated carbocycles. The first-order chi connectivity index (χ1) is 25.8. The van der Waals surface area contributed by atoms with Crippen molar-refractivity contribution in [1.82, 2.24) is 4.90 Å². The maximum absolute atomic E-state index is 13.4. The molecule has 0 unspecified atom stereocenters. The van der Waals surface area contributed by atoms with Crippen LogP contribution in [0.3, 0.4) is 0 Å². The Morgan fingerprint density at radius 1 is 0.528 bits per heavy atom. The van der Waals surface area contributed by atoms with Gasteiger partial charge in [-0.2, -0.15) is 0 Å². The fourth-order valence-corrected chi connectivity index (χ4v) is 7.32. The highest BCUT2D eigenvalue weighted by atomic mass is 16.5. The zero-order valence-electron chi connectivity index (χ0n) is 36.5. The Kier molecular flexibility index (Phi) is 38.3. The summed E-state index contributed by atoms with van der Waals surface area (Å²) in [7, 11) is 0. The molecule has 0 saturated heterocycles. The number of unbranched alkanes of at least 4 members (excludes halogenated alkanes) is 23. The number of ether oxygens (including phenoxy) is 2. The summed E-state index contributed by atoms with van der Waals surface area (Å²) in [6.07, 6.45) is 38.6. The van der Waals surface area contributed by atoms with Gasteiger partial charge in [0.2, 0.25) is 0 Å². The van der Waals surface area contributed by atoms with Crippen LogP contribution in [-0.2, 0) is 19.1 Å². The van der Waals surface area contributed by atoms with Gasteiger partial charge in [0, 0.05) is 19.6 Å². The molecule has 0 aliphatic heterocycles. The van der Waals surface area contributed by atoms with Gasteiger partial charge < -0.3 is 19.5 Å². The van der Waals surface area contributed by atoms with Crippen molar-refractivity contribution in [3.8, 4) is 0 Å². The molecule has 0 atom stereocenters. The maximum atomic E-state index is 13.4. The van der Waals surface area contributed by atoms with Crippen LogP contribution in [0.2, 0.25) is 0 Å². The molecule has 0 aromatic heterocycles. The van der Waals surface area contributed by atoms with Gasteiger partial charge in [-0.15, -0.1) is 0 Å². The first-order valence-corrected chi connectivity index (χ1v) is 23.5. The largest absolute Gasteiger partial charge is 0.466 e. The molecule has 6 heteroatoms. The highest BCUT2D eigenvalue weighted by Gasteiger charge is 2.30. The predicted molar refractivity (Wildman–Crippen MR) is 228 cm³/mol. The third kappa shape index (κ3) is 35.0. The van der Waals surface area contributed by atoms with Crippen molar-refractivity contribution in [2.45, 2.75) is 253 Å². The van der Waals surface area contributed by atoms with E-state index in [2.05, 4.69) is 39.5 Å². The van der Waals surface area contributed by atoms with Gasteiger partial charge in [0.25, 0.3) is 0 Å². The molecule has 316 valence electrons. The minimum Gasteiger partial charge on any atom is -0.466 e. The number of aliphatic hydroxyl groups excluding tert-OH is 1. The van der Waals surface area contributed by atoms with E-state index in [9.17, 15) is 14.7 Å². The van der Waals surface area contributed by atoms with Gasteiger partial charge >= 0.3 is 11.9 Å². The van der Waals surface area contributed by atoms with Crippen LogP contribution < -0.4 is 0 Å². The molecular formula is C47H93NO5. The SMILES string of the molecule is CCCCCCCCCCCCOC(=O)CCCCN(CCCO)CCCCCCC(C)(C)C(=O)OC(CCCCCCCC)CCCCCCCC. The smallest absolute Gasteiger partial charge is 0.311 e. The van der Waals surface area contributed by atoms with E-state index in [-0.39, 0.29) is 24.6 Å². The number of nitrogens with zero attached hydrogens (tertiary/aromatic N) is 1. The second-order valence-corrected chi connectivity index (χ2v) is 17.0. The van der Waals surface area contributed by atoms with Crippen LogP contribution in [0, 0.1) is 5.41 Å². The number of hydrogen-bond acceptors (Lipinski definition) is 6. The van der Waals surface area contributed by atoms with Crippen molar-refractivity contribution >= 4 is 11.9 Å². The van der Waals surface area contributed by atoms with E-state index in [1.54, 1.807) is 0 Å². The Morgan fingerprint density at radius 3 is 1.45 bits per heavy atom. The van der Waals surface area contributed by atoms with Gasteiger partial charge in [0.05, 0.1) is 12.0 Å². The molecule has 0 rings (SSSR count). The van der Waals surface area contributed by atoms with Crippen LogP contribution in [0.1, 0.15) is 247 Å². The first-order valence-electron chi connectivity index (χ1n) is 23.5. The Morgan fingerprint density at radius 2 is 0.943 bits per heavy atom. The molecule has 0 aliphatic carbocycles. The number of esters is 2. The number of hydrogen-bond donors (Lipinski definition) is 1. The van der Waals surface area contributed by atoms with Crippen LogP contribution in [0.25, 0.3) is 0 Å². The average molecular weight is 752 g/mol. The second kappa shape index (κ2) is 39.1. The number of aliphatic hydroxyl groups is 1. The summed E-state index contributed by atoms with van der Waals surface area (Å²) in [6, 6.07) is 0. The molecule has 0 radical (unpaired) electrons. The highest BCUT2D eigenvalue weighted by molar-refractivity contribution is 5.76. The molecule has 6 nitrogen and oxygen atoms in total. The molecule has 0 fully saturated rings. The van der Waals surface area contributed by atoms with E-state index in [1.165, 1.54) is 128 Å². The third-order valence-corrected chi connectivity index (χ3v) is 11.1. The molecule has 0 bridgehead atoms. The zero-order chi connectivity index (χ0) is 39.1. The van der Waals surface area contributed by atoms with Gasteiger partial charge in [-0.05, 0) is 91.1 Å². The molecule has 0 heterocycles. The fourth-order valence-electron chi connectivity index (χ4n) is 7.32. The zero-order valence-corrected chi connectivity index (χ0v) is 36.5. The summed E-state index contributed by atoms with van der Waals surface area (Å²) < 4.78 is 11.7. The first kappa shape index (κ1) is 51.9. The average Bonchev–Trinajstić information content (AvgIpc) is 3.14. The summed E-state index contributed by atoms with van der Waals surface area (Å²) in [6.45, 7) is 14.6. The van der Waals surface area contributed by atoms with E-state index >= 15 is 0 Å². The predicted octanol–water partition coefficient (Wildman–Crippen LogP) is 13.7. The number of carbonyl (C=O) groups is 2. The van der Waals surface area contributed by atoms with Crippen molar-refractivity contribution in [1.29, 1.82) is 0 Å². The lowest BCUT2D eigenvalue weighted by molar-refractivity contribution is -0.161. The van der Waals surface area contributed by atoms with E-state index < -0.39 is 5.41 Å². The van der Waals surface area contributed by atoms with Crippen molar-refractivity contribution in [2.75, 3.05) is 32.8 Å². The van der Waals surface area contributed by atoms with E-state index in [0.717, 1.165) is 96.7 Å². The molecular weight excluding hydrogens is 659 g/mol. The second-order valence-electron chi connectivity index (χ2n) is 17.0. The topological polar surface area (TPSA) is 76.1 Å². The van der Waals surface area contributed by atoms with Crippen molar-refractivity contribution in [3.63, 3.8) is 0 Å². The monoisotopic (exact) mass is 752 g/mol. The van der Waals surface area contributed by atoms with Crippen LogP contribution in [-0.4, -0.2) is 60.9 Å². The van der Waals surface area contributed by atoms with Gasteiger partial charge in [0.1, 0.15) is 6.10 Å². The summed E-state index contributed by atoms with van der Waals surface area (Å²) >= 11 is 0. The van der Waals surface area contributed by atoms with Gasteiger partial charge in [-0.25, -0.2) is 0 Å². The van der Waals surface area contributed by atoms with Crippen LogP contribution in [0.4, 0.5) is 0 Å². The number of rotatable bonds is 42. The Labute approximate surface area is 331 Å². The maximum Gasteiger partial charge on any atom is 0.311 e. The van der Waals surface area contributed by atoms with Gasteiger partial charge in [-0.1, -0.05) is 162 Å². The molecule has 0 amide bonds. The summed E-state index contributed by atoms with van der Waals surface area (Å²) in [4.78, 5) is 28.0. The molecule has 0 aliphatic rings. The number of carbonyl (C=O) groups excluding carboxylic acids is 2. The highest BCUT2D eigenvalue weighted by Crippen LogP contribution is 2.28. The molecule has 1 N–H and O–H groups in total. The van der Waals surface area contributed by atoms with Crippen LogP contribution in [0.15, 0.2) is 0 Å². The molecule has 0 spiro atoms. The Bertz CT molecular complexity index is 771. The lowest BCUT2D eigenvalue weighted by Crippen LogP contribution is -2.31. The Balaban J connectivity index is 4.28. The van der Waals surface area contributed by atoms with Crippen molar-refractivity contribution in [2.24, 2.45) is 5.41 Å². The van der Waals surface area contributed by atoms with E-state index in [0.29, 0.717) is 13.0 Å². The Hall–Kier alpha value is -1.14. The summed E-state index contributed by atoms with van der Waals surface area (Å²) in [5.74, 6) is -0.0573. The van der Waals surface area contributed by atoms with E-state index in [1.807, 2.05) is 0 Å². The summed E-state index contributed by atoms with van der Waals surface area (Å²) in [5, 5.41) is 9.42. The lowest BCUT2D eigenvalue weighted by atomic mass is 9.86. The van der Waals surface area contributed by atoms with Gasteiger partial charge in [-0.3, -0.25) is 9.59 Å².